The molecular weight excluding hydrogens is 219 g/mol. The fourth-order valence-electron chi connectivity index (χ4n) is 1.94. The average molecular weight is 234 g/mol. The summed E-state index contributed by atoms with van der Waals surface area (Å²) in [7, 11) is 0. The number of rotatable bonds is 2. The van der Waals surface area contributed by atoms with Crippen molar-refractivity contribution >= 4 is 0 Å². The lowest BCUT2D eigenvalue weighted by molar-refractivity contribution is 0.217. The summed E-state index contributed by atoms with van der Waals surface area (Å²) in [5, 5.41) is 10.2. The summed E-state index contributed by atoms with van der Waals surface area (Å²) in [6.45, 7) is 5.32. The first-order chi connectivity index (χ1) is 7.99. The molecule has 90 valence electrons. The van der Waals surface area contributed by atoms with Crippen molar-refractivity contribution in [3.05, 3.63) is 58.3 Å². The van der Waals surface area contributed by atoms with Gasteiger partial charge in [-0.1, -0.05) is 12.1 Å². The predicted molar refractivity (Wildman–Crippen MR) is 63.4 cm³/mol. The zero-order valence-electron chi connectivity index (χ0n) is 10.1. The molecule has 0 fully saturated rings. The molecule has 0 amide bonds. The minimum Gasteiger partial charge on any atom is -0.466 e. The Labute approximate surface area is 99.7 Å². The van der Waals surface area contributed by atoms with Gasteiger partial charge in [0, 0.05) is 5.56 Å². The minimum atomic E-state index is -0.772. The summed E-state index contributed by atoms with van der Waals surface area (Å²) in [5.41, 5.74) is 1.93. The molecule has 0 aliphatic rings. The summed E-state index contributed by atoms with van der Waals surface area (Å²) < 4.78 is 18.5. The van der Waals surface area contributed by atoms with E-state index < -0.39 is 6.10 Å². The molecule has 0 spiro atoms. The van der Waals surface area contributed by atoms with E-state index in [1.165, 1.54) is 6.07 Å². The number of halogens is 1. The van der Waals surface area contributed by atoms with E-state index in [0.29, 0.717) is 16.9 Å². The predicted octanol–water partition coefficient (Wildman–Crippen LogP) is 3.43. The summed E-state index contributed by atoms with van der Waals surface area (Å²) in [5.74, 6) is 1.19. The Balaban J connectivity index is 2.40. The summed E-state index contributed by atoms with van der Waals surface area (Å²) in [4.78, 5) is 0. The van der Waals surface area contributed by atoms with Gasteiger partial charge in [-0.25, -0.2) is 4.39 Å². The molecule has 1 aromatic heterocycles. The Hall–Kier alpha value is -1.61. The van der Waals surface area contributed by atoms with Gasteiger partial charge in [0.05, 0.1) is 0 Å². The van der Waals surface area contributed by atoms with Crippen molar-refractivity contribution in [2.75, 3.05) is 0 Å². The van der Waals surface area contributed by atoms with Crippen molar-refractivity contribution in [1.82, 2.24) is 0 Å². The van der Waals surface area contributed by atoms with E-state index >= 15 is 0 Å². The Morgan fingerprint density at radius 3 is 2.41 bits per heavy atom. The smallest absolute Gasteiger partial charge is 0.126 e. The normalized spacial score (nSPS) is 12.8. The van der Waals surface area contributed by atoms with Crippen LogP contribution in [0.5, 0.6) is 0 Å². The molecular formula is C14H15FO2. The van der Waals surface area contributed by atoms with Crippen molar-refractivity contribution in [3.63, 3.8) is 0 Å². The molecule has 0 aliphatic carbocycles. The highest BCUT2D eigenvalue weighted by molar-refractivity contribution is 5.34. The monoisotopic (exact) mass is 234 g/mol. The fourth-order valence-corrected chi connectivity index (χ4v) is 1.94. The van der Waals surface area contributed by atoms with Gasteiger partial charge in [0.1, 0.15) is 23.4 Å². The first kappa shape index (κ1) is 11.9. The number of aryl methyl sites for hydroxylation is 3. The summed E-state index contributed by atoms with van der Waals surface area (Å²) in [6.07, 6.45) is -0.772. The number of hydrogen-bond donors (Lipinski definition) is 1. The highest BCUT2D eigenvalue weighted by atomic mass is 19.1. The van der Waals surface area contributed by atoms with Crippen molar-refractivity contribution in [2.45, 2.75) is 26.9 Å². The first-order valence-corrected chi connectivity index (χ1v) is 5.50. The number of hydrogen-bond acceptors (Lipinski definition) is 2. The highest BCUT2D eigenvalue weighted by Crippen LogP contribution is 2.28. The Kier molecular flexibility index (Phi) is 3.03. The van der Waals surface area contributed by atoms with Gasteiger partial charge in [-0.3, -0.25) is 0 Å². The quantitative estimate of drug-likeness (QED) is 0.863. The number of aliphatic hydroxyl groups is 1. The molecule has 0 saturated carbocycles. The Morgan fingerprint density at radius 1 is 1.18 bits per heavy atom. The van der Waals surface area contributed by atoms with Crippen LogP contribution in [0.2, 0.25) is 0 Å². The summed E-state index contributed by atoms with van der Waals surface area (Å²) in [6, 6.07) is 6.42. The third-order valence-corrected chi connectivity index (χ3v) is 2.87. The van der Waals surface area contributed by atoms with Gasteiger partial charge in [-0.15, -0.1) is 0 Å². The van der Waals surface area contributed by atoms with Crippen LogP contribution in [0.1, 0.15) is 34.3 Å². The lowest BCUT2D eigenvalue weighted by Crippen LogP contribution is -2.00. The highest BCUT2D eigenvalue weighted by Gasteiger charge is 2.17. The Morgan fingerprint density at radius 2 is 1.88 bits per heavy atom. The van der Waals surface area contributed by atoms with Crippen LogP contribution in [-0.2, 0) is 0 Å². The van der Waals surface area contributed by atoms with E-state index in [2.05, 4.69) is 0 Å². The van der Waals surface area contributed by atoms with Gasteiger partial charge in [0.25, 0.3) is 0 Å². The second-order valence-corrected chi connectivity index (χ2v) is 4.28. The number of aliphatic hydroxyl groups excluding tert-OH is 1. The van der Waals surface area contributed by atoms with E-state index in [1.54, 1.807) is 25.1 Å². The topological polar surface area (TPSA) is 33.4 Å². The third kappa shape index (κ3) is 2.24. The maximum Gasteiger partial charge on any atom is 0.126 e. The molecule has 1 atom stereocenters. The second kappa shape index (κ2) is 4.34. The van der Waals surface area contributed by atoms with Crippen LogP contribution in [0.15, 0.2) is 28.7 Å². The van der Waals surface area contributed by atoms with Crippen molar-refractivity contribution in [1.29, 1.82) is 0 Å². The maximum atomic E-state index is 13.1. The molecule has 2 aromatic rings. The molecule has 3 heteroatoms. The van der Waals surface area contributed by atoms with E-state index in [0.717, 1.165) is 11.3 Å². The molecule has 1 heterocycles. The lowest BCUT2D eigenvalue weighted by atomic mass is 10.00. The SMILES string of the molecule is Cc1cc(C(O)c2ccc(F)c(C)c2)c(C)o1. The van der Waals surface area contributed by atoms with Gasteiger partial charge in [-0.2, -0.15) is 0 Å². The molecule has 1 N–H and O–H groups in total. The van der Waals surface area contributed by atoms with E-state index in [9.17, 15) is 9.50 Å². The van der Waals surface area contributed by atoms with E-state index in [1.807, 2.05) is 13.8 Å². The Bertz CT molecular complexity index is 543. The van der Waals surface area contributed by atoms with Crippen molar-refractivity contribution < 1.29 is 13.9 Å². The molecule has 0 aliphatic heterocycles. The van der Waals surface area contributed by atoms with Crippen LogP contribution in [-0.4, -0.2) is 5.11 Å². The van der Waals surface area contributed by atoms with Crippen LogP contribution in [0.3, 0.4) is 0 Å². The zero-order valence-corrected chi connectivity index (χ0v) is 10.1. The van der Waals surface area contributed by atoms with Gasteiger partial charge in [0.15, 0.2) is 0 Å². The minimum absolute atomic E-state index is 0.263. The van der Waals surface area contributed by atoms with Crippen molar-refractivity contribution in [3.8, 4) is 0 Å². The van der Waals surface area contributed by atoms with Crippen molar-refractivity contribution in [2.24, 2.45) is 0 Å². The molecule has 2 rings (SSSR count). The first-order valence-electron chi connectivity index (χ1n) is 5.50. The van der Waals surface area contributed by atoms with E-state index in [4.69, 9.17) is 4.42 Å². The van der Waals surface area contributed by atoms with Crippen LogP contribution in [0.25, 0.3) is 0 Å². The fraction of sp³-hybridized carbons (Fsp3) is 0.286. The van der Waals surface area contributed by atoms with Crippen LogP contribution >= 0.6 is 0 Å². The van der Waals surface area contributed by atoms with E-state index in [-0.39, 0.29) is 5.82 Å². The number of benzene rings is 1. The molecule has 2 nitrogen and oxygen atoms in total. The second-order valence-electron chi connectivity index (χ2n) is 4.28. The standard InChI is InChI=1S/C14H15FO2/c1-8-6-11(4-5-13(8)15)14(16)12-7-9(2)17-10(12)3/h4-7,14,16H,1-3H3. The van der Waals surface area contributed by atoms with Crippen LogP contribution in [0.4, 0.5) is 4.39 Å². The molecule has 1 unspecified atom stereocenters. The maximum absolute atomic E-state index is 13.1. The molecule has 0 saturated heterocycles. The van der Waals surface area contributed by atoms with Gasteiger partial charge in [0.2, 0.25) is 0 Å². The number of furan rings is 1. The average Bonchev–Trinajstić information content (AvgIpc) is 2.61. The van der Waals surface area contributed by atoms with Gasteiger partial charge >= 0.3 is 0 Å². The zero-order chi connectivity index (χ0) is 12.6. The van der Waals surface area contributed by atoms with Crippen LogP contribution < -0.4 is 0 Å². The van der Waals surface area contributed by atoms with Crippen LogP contribution in [0, 0.1) is 26.6 Å². The summed E-state index contributed by atoms with van der Waals surface area (Å²) >= 11 is 0. The molecule has 17 heavy (non-hydrogen) atoms. The van der Waals surface area contributed by atoms with Gasteiger partial charge < -0.3 is 9.52 Å². The molecule has 0 radical (unpaired) electrons. The molecule has 0 bridgehead atoms. The largest absolute Gasteiger partial charge is 0.466 e. The van der Waals surface area contributed by atoms with Gasteiger partial charge in [-0.05, 0) is 44.0 Å². The molecule has 1 aromatic carbocycles. The lowest BCUT2D eigenvalue weighted by Gasteiger charge is -2.11. The third-order valence-electron chi connectivity index (χ3n) is 2.87.